The summed E-state index contributed by atoms with van der Waals surface area (Å²) in [5.41, 5.74) is 0.292. The molecule has 1 aliphatic rings. The lowest BCUT2D eigenvalue weighted by molar-refractivity contribution is -0.138. The standard InChI is InChI=1S/C25H22F3NO4/c1-15-20(23(30)31)22(18-11-6-12-19(14-18)25(26,27)28)21(16(2)29-15)24(32)33-13-7-10-17-8-4-3-5-9-17/h3-12,14,22,29H,13H2,1-2H3,(H,30,31). The first-order valence-corrected chi connectivity index (χ1v) is 10.1. The second-order valence-electron chi connectivity index (χ2n) is 7.48. The first kappa shape index (κ1) is 23.8. The first-order chi connectivity index (χ1) is 15.6. The zero-order valence-electron chi connectivity index (χ0n) is 17.9. The SMILES string of the molecule is CC1=C(C(=O)O)C(c2cccc(C(F)(F)F)c2)C(C(=O)OCC=Cc2ccccc2)=C(C)N1. The van der Waals surface area contributed by atoms with Gasteiger partial charge in [-0.05, 0) is 37.1 Å². The van der Waals surface area contributed by atoms with Crippen LogP contribution >= 0.6 is 0 Å². The van der Waals surface area contributed by atoms with Crippen molar-refractivity contribution >= 4 is 18.0 Å². The van der Waals surface area contributed by atoms with Gasteiger partial charge in [-0.15, -0.1) is 0 Å². The molecule has 5 nitrogen and oxygen atoms in total. The van der Waals surface area contributed by atoms with Gasteiger partial charge in [-0.3, -0.25) is 0 Å². The maximum Gasteiger partial charge on any atom is 0.416 e. The second kappa shape index (κ2) is 9.77. The van der Waals surface area contributed by atoms with E-state index in [1.165, 1.54) is 19.1 Å². The molecule has 0 aromatic heterocycles. The third-order valence-corrected chi connectivity index (χ3v) is 5.18. The van der Waals surface area contributed by atoms with E-state index in [4.69, 9.17) is 4.74 Å². The fraction of sp³-hybridized carbons (Fsp3) is 0.200. The molecule has 0 saturated carbocycles. The minimum Gasteiger partial charge on any atom is -0.478 e. The van der Waals surface area contributed by atoms with Crippen molar-refractivity contribution in [3.8, 4) is 0 Å². The third-order valence-electron chi connectivity index (χ3n) is 5.18. The molecule has 0 amide bonds. The van der Waals surface area contributed by atoms with Crippen LogP contribution in [0.15, 0.2) is 83.2 Å². The van der Waals surface area contributed by atoms with Crippen LogP contribution in [-0.2, 0) is 20.5 Å². The zero-order chi connectivity index (χ0) is 24.2. The topological polar surface area (TPSA) is 75.6 Å². The van der Waals surface area contributed by atoms with Crippen molar-refractivity contribution in [2.75, 3.05) is 6.61 Å². The molecule has 1 heterocycles. The summed E-state index contributed by atoms with van der Waals surface area (Å²) in [6.07, 6.45) is -1.24. The molecule has 0 saturated heterocycles. The van der Waals surface area contributed by atoms with Gasteiger partial charge in [-0.25, -0.2) is 9.59 Å². The number of carboxylic acid groups (broad SMARTS) is 1. The average molecular weight is 457 g/mol. The van der Waals surface area contributed by atoms with Gasteiger partial charge in [0.1, 0.15) is 6.61 Å². The van der Waals surface area contributed by atoms with Crippen molar-refractivity contribution in [1.82, 2.24) is 5.32 Å². The summed E-state index contributed by atoms with van der Waals surface area (Å²) in [5, 5.41) is 12.6. The Labute approximate surface area is 188 Å². The Balaban J connectivity index is 1.94. The molecule has 8 heteroatoms. The molecule has 0 aliphatic carbocycles. The van der Waals surface area contributed by atoms with E-state index >= 15 is 0 Å². The van der Waals surface area contributed by atoms with E-state index in [9.17, 15) is 27.9 Å². The Kier molecular flexibility index (Phi) is 7.06. The average Bonchev–Trinajstić information content (AvgIpc) is 2.76. The summed E-state index contributed by atoms with van der Waals surface area (Å²) in [6, 6.07) is 13.6. The number of esters is 1. The summed E-state index contributed by atoms with van der Waals surface area (Å²) in [6.45, 7) is 2.96. The summed E-state index contributed by atoms with van der Waals surface area (Å²) in [5.74, 6) is -3.38. The van der Waals surface area contributed by atoms with Crippen molar-refractivity contribution < 1.29 is 32.6 Å². The van der Waals surface area contributed by atoms with Crippen LogP contribution < -0.4 is 5.32 Å². The molecular weight excluding hydrogens is 435 g/mol. The third kappa shape index (κ3) is 5.52. The Morgan fingerprint density at radius 3 is 2.33 bits per heavy atom. The largest absolute Gasteiger partial charge is 0.478 e. The van der Waals surface area contributed by atoms with Crippen molar-refractivity contribution in [3.05, 3.63) is 99.9 Å². The van der Waals surface area contributed by atoms with Crippen LogP contribution in [0.4, 0.5) is 13.2 Å². The number of dihydropyridines is 1. The van der Waals surface area contributed by atoms with E-state index in [1.807, 2.05) is 30.3 Å². The van der Waals surface area contributed by atoms with Gasteiger partial charge in [0, 0.05) is 11.4 Å². The Hall–Kier alpha value is -3.81. The number of rotatable bonds is 6. The molecule has 172 valence electrons. The number of ether oxygens (including phenoxy) is 1. The van der Waals surface area contributed by atoms with Crippen LogP contribution in [-0.4, -0.2) is 23.7 Å². The van der Waals surface area contributed by atoms with Gasteiger partial charge < -0.3 is 15.2 Å². The Morgan fingerprint density at radius 1 is 1.03 bits per heavy atom. The number of nitrogens with one attached hydrogen (secondary N) is 1. The lowest BCUT2D eigenvalue weighted by Crippen LogP contribution is -2.32. The van der Waals surface area contributed by atoms with Crippen LogP contribution in [0.1, 0.15) is 36.5 Å². The maximum absolute atomic E-state index is 13.3. The van der Waals surface area contributed by atoms with Gasteiger partial charge in [0.2, 0.25) is 0 Å². The maximum atomic E-state index is 13.3. The molecule has 0 bridgehead atoms. The highest BCUT2D eigenvalue weighted by Gasteiger charge is 2.38. The van der Waals surface area contributed by atoms with Crippen LogP contribution in [0.5, 0.6) is 0 Å². The molecule has 2 aromatic carbocycles. The number of halogens is 3. The lowest BCUT2D eigenvalue weighted by Gasteiger charge is -2.30. The minimum absolute atomic E-state index is 0.0363. The summed E-state index contributed by atoms with van der Waals surface area (Å²) >= 11 is 0. The van der Waals surface area contributed by atoms with Crippen LogP contribution in [0, 0.1) is 0 Å². The van der Waals surface area contributed by atoms with E-state index in [-0.39, 0.29) is 29.0 Å². The molecule has 0 radical (unpaired) electrons. The van der Waals surface area contributed by atoms with Gasteiger partial charge in [-0.1, -0.05) is 54.6 Å². The molecule has 2 N–H and O–H groups in total. The van der Waals surface area contributed by atoms with Crippen molar-refractivity contribution in [2.24, 2.45) is 0 Å². The molecule has 1 atom stereocenters. The van der Waals surface area contributed by atoms with Gasteiger partial charge in [-0.2, -0.15) is 13.2 Å². The highest BCUT2D eigenvalue weighted by molar-refractivity contribution is 5.99. The minimum atomic E-state index is -4.62. The number of hydrogen-bond donors (Lipinski definition) is 2. The predicted molar refractivity (Wildman–Crippen MR) is 117 cm³/mol. The van der Waals surface area contributed by atoms with E-state index in [1.54, 1.807) is 19.1 Å². The smallest absolute Gasteiger partial charge is 0.416 e. The van der Waals surface area contributed by atoms with Gasteiger partial charge >= 0.3 is 18.1 Å². The number of alkyl halides is 3. The van der Waals surface area contributed by atoms with E-state index < -0.39 is 29.6 Å². The van der Waals surface area contributed by atoms with Crippen LogP contribution in [0.2, 0.25) is 0 Å². The first-order valence-electron chi connectivity index (χ1n) is 10.1. The Bertz CT molecular complexity index is 1150. The summed E-state index contributed by atoms with van der Waals surface area (Å²) in [7, 11) is 0. The fourth-order valence-corrected chi connectivity index (χ4v) is 3.73. The molecular formula is C25H22F3NO4. The highest BCUT2D eigenvalue weighted by atomic mass is 19.4. The predicted octanol–water partition coefficient (Wildman–Crippen LogP) is 5.28. The normalized spacial score (nSPS) is 16.7. The Morgan fingerprint density at radius 2 is 1.70 bits per heavy atom. The zero-order valence-corrected chi connectivity index (χ0v) is 17.9. The van der Waals surface area contributed by atoms with Crippen LogP contribution in [0.25, 0.3) is 6.08 Å². The quantitative estimate of drug-likeness (QED) is 0.577. The van der Waals surface area contributed by atoms with E-state index in [0.29, 0.717) is 5.70 Å². The fourth-order valence-electron chi connectivity index (χ4n) is 3.73. The monoisotopic (exact) mass is 457 g/mol. The number of carbonyl (C=O) groups is 2. The lowest BCUT2D eigenvalue weighted by atomic mass is 9.80. The van der Waals surface area contributed by atoms with Gasteiger partial charge in [0.25, 0.3) is 0 Å². The van der Waals surface area contributed by atoms with E-state index in [2.05, 4.69) is 5.32 Å². The molecule has 0 fully saturated rings. The van der Waals surface area contributed by atoms with Gasteiger partial charge in [0.05, 0.1) is 22.6 Å². The number of carbonyl (C=O) groups excluding carboxylic acids is 1. The number of hydrogen-bond acceptors (Lipinski definition) is 4. The molecule has 33 heavy (non-hydrogen) atoms. The number of allylic oxidation sites excluding steroid dienone is 2. The number of carboxylic acids is 1. The van der Waals surface area contributed by atoms with Crippen LogP contribution in [0.3, 0.4) is 0 Å². The molecule has 1 unspecified atom stereocenters. The van der Waals surface area contributed by atoms with Crippen molar-refractivity contribution in [1.29, 1.82) is 0 Å². The molecule has 1 aliphatic heterocycles. The van der Waals surface area contributed by atoms with Gasteiger partial charge in [0.15, 0.2) is 0 Å². The summed E-state index contributed by atoms with van der Waals surface area (Å²) < 4.78 is 45.2. The van der Waals surface area contributed by atoms with E-state index in [0.717, 1.165) is 17.7 Å². The number of benzene rings is 2. The molecule has 2 aromatic rings. The number of aliphatic carboxylic acids is 1. The van der Waals surface area contributed by atoms with Crippen molar-refractivity contribution in [3.63, 3.8) is 0 Å². The molecule has 3 rings (SSSR count). The molecule has 0 spiro atoms. The van der Waals surface area contributed by atoms with Crippen molar-refractivity contribution in [2.45, 2.75) is 25.9 Å². The second-order valence-corrected chi connectivity index (χ2v) is 7.48. The highest BCUT2D eigenvalue weighted by Crippen LogP contribution is 2.40. The summed E-state index contributed by atoms with van der Waals surface area (Å²) in [4.78, 5) is 25.0.